The van der Waals surface area contributed by atoms with Crippen LogP contribution in [-0.2, 0) is 21.2 Å². The fraction of sp³-hybridized carbons (Fsp3) is 0.765. The molecule has 2 fully saturated rings. The predicted molar refractivity (Wildman–Crippen MR) is 104 cm³/mol. The van der Waals surface area contributed by atoms with Crippen molar-refractivity contribution in [1.29, 1.82) is 0 Å². The average molecular weight is 405 g/mol. The van der Waals surface area contributed by atoms with E-state index < -0.39 is 9.84 Å². The van der Waals surface area contributed by atoms with Gasteiger partial charge in [-0.25, -0.2) is 8.42 Å². The van der Waals surface area contributed by atoms with Crippen LogP contribution in [0.5, 0.6) is 0 Å². The summed E-state index contributed by atoms with van der Waals surface area (Å²) in [4.78, 5) is 12.6. The van der Waals surface area contributed by atoms with E-state index in [-0.39, 0.29) is 41.8 Å². The monoisotopic (exact) mass is 404 g/mol. The number of amides is 1. The van der Waals surface area contributed by atoms with Crippen LogP contribution in [0.15, 0.2) is 12.3 Å². The van der Waals surface area contributed by atoms with Crippen molar-refractivity contribution < 1.29 is 13.2 Å². The number of aromatic nitrogens is 2. The molecule has 2 aliphatic carbocycles. The van der Waals surface area contributed by atoms with Crippen LogP contribution >= 0.6 is 12.4 Å². The lowest BCUT2D eigenvalue weighted by Crippen LogP contribution is -2.48. The Morgan fingerprint density at radius 3 is 2.62 bits per heavy atom. The van der Waals surface area contributed by atoms with E-state index in [1.807, 2.05) is 0 Å². The molecule has 2 saturated carbocycles. The third-order valence-electron chi connectivity index (χ3n) is 5.75. The maximum atomic E-state index is 12.6. The zero-order valence-corrected chi connectivity index (χ0v) is 16.8. The van der Waals surface area contributed by atoms with Gasteiger partial charge in [0.25, 0.3) is 0 Å². The Hall–Kier alpha value is -1.12. The van der Waals surface area contributed by atoms with Gasteiger partial charge in [-0.3, -0.25) is 9.48 Å². The maximum absolute atomic E-state index is 12.6. The summed E-state index contributed by atoms with van der Waals surface area (Å²) in [6.45, 7) is 1.93. The van der Waals surface area contributed by atoms with E-state index in [2.05, 4.69) is 10.4 Å². The van der Waals surface area contributed by atoms with Crippen molar-refractivity contribution in [2.75, 3.05) is 16.8 Å². The van der Waals surface area contributed by atoms with Crippen LogP contribution in [0.4, 0.5) is 5.82 Å². The summed E-state index contributed by atoms with van der Waals surface area (Å²) in [5.41, 5.74) is 6.29. The maximum Gasteiger partial charge on any atom is 0.228 e. The van der Waals surface area contributed by atoms with Gasteiger partial charge in [-0.15, -0.1) is 12.4 Å². The lowest BCUT2D eigenvalue weighted by Gasteiger charge is -2.43. The van der Waals surface area contributed by atoms with Crippen LogP contribution in [0.2, 0.25) is 0 Å². The van der Waals surface area contributed by atoms with Gasteiger partial charge in [0, 0.05) is 30.0 Å². The van der Waals surface area contributed by atoms with Crippen LogP contribution in [-0.4, -0.2) is 41.7 Å². The quantitative estimate of drug-likeness (QED) is 0.752. The van der Waals surface area contributed by atoms with Crippen molar-refractivity contribution in [2.24, 2.45) is 23.5 Å². The Morgan fingerprint density at radius 2 is 2.00 bits per heavy atom. The third kappa shape index (κ3) is 4.98. The number of halogens is 1. The van der Waals surface area contributed by atoms with Gasteiger partial charge in [0.05, 0.1) is 12.3 Å². The first-order valence-electron chi connectivity index (χ1n) is 9.18. The molecule has 0 saturated heterocycles. The minimum atomic E-state index is -3.02. The van der Waals surface area contributed by atoms with Crippen LogP contribution < -0.4 is 11.1 Å². The Bertz CT molecular complexity index is 707. The lowest BCUT2D eigenvalue weighted by molar-refractivity contribution is -0.122. The molecule has 3 rings (SSSR count). The van der Waals surface area contributed by atoms with Crippen molar-refractivity contribution in [3.63, 3.8) is 0 Å². The van der Waals surface area contributed by atoms with Gasteiger partial charge in [-0.1, -0.05) is 13.3 Å². The molecule has 1 heterocycles. The molecule has 1 amide bonds. The molecule has 0 aromatic carbocycles. The Morgan fingerprint density at radius 1 is 1.35 bits per heavy atom. The molecule has 7 nitrogen and oxygen atoms in total. The fourth-order valence-electron chi connectivity index (χ4n) is 4.16. The van der Waals surface area contributed by atoms with E-state index in [4.69, 9.17) is 5.73 Å². The SMILES string of the molecule is CCS(=O)(=O)CCn1ccc(NC(=O)C2CC3CCCC(C2)C3N)n1.Cl. The van der Waals surface area contributed by atoms with Gasteiger partial charge in [0.1, 0.15) is 0 Å². The largest absolute Gasteiger partial charge is 0.327 e. The molecular weight excluding hydrogens is 376 g/mol. The topological polar surface area (TPSA) is 107 Å². The minimum absolute atomic E-state index is 0. The highest BCUT2D eigenvalue weighted by molar-refractivity contribution is 7.91. The number of nitrogens with zero attached hydrogens (tertiary/aromatic N) is 2. The van der Waals surface area contributed by atoms with E-state index in [0.29, 0.717) is 24.2 Å². The second-order valence-electron chi connectivity index (χ2n) is 7.39. The standard InChI is InChI=1S/C17H28N4O3S.ClH/c1-2-25(23,24)9-8-21-7-6-15(20-21)19-17(22)14-10-12-4-3-5-13(11-14)16(12)18;/h6-7,12-14,16H,2-5,8-11,18H2,1H3,(H,19,20,22);1H. The number of hydrogen-bond acceptors (Lipinski definition) is 5. The number of fused-ring (bicyclic) bond motifs is 2. The van der Waals surface area contributed by atoms with E-state index in [1.54, 1.807) is 23.9 Å². The molecule has 0 radical (unpaired) electrons. The zero-order valence-electron chi connectivity index (χ0n) is 15.1. The van der Waals surface area contributed by atoms with E-state index in [1.165, 1.54) is 6.42 Å². The first-order chi connectivity index (χ1) is 11.9. The van der Waals surface area contributed by atoms with E-state index in [0.717, 1.165) is 25.7 Å². The fourth-order valence-corrected chi connectivity index (χ4v) is 4.92. The van der Waals surface area contributed by atoms with E-state index in [9.17, 15) is 13.2 Å². The molecule has 1 aromatic heterocycles. The summed E-state index contributed by atoms with van der Waals surface area (Å²) in [5.74, 6) is 1.60. The summed E-state index contributed by atoms with van der Waals surface area (Å²) in [7, 11) is -3.02. The first kappa shape index (κ1) is 21.2. The summed E-state index contributed by atoms with van der Waals surface area (Å²) < 4.78 is 24.7. The Balaban J connectivity index is 0.00000243. The lowest BCUT2D eigenvalue weighted by atomic mass is 9.65. The molecule has 3 N–H and O–H groups in total. The van der Waals surface area contributed by atoms with Crippen molar-refractivity contribution in [3.8, 4) is 0 Å². The molecule has 148 valence electrons. The zero-order chi connectivity index (χ0) is 18.0. The molecule has 2 bridgehead atoms. The summed E-state index contributed by atoms with van der Waals surface area (Å²) in [6, 6.07) is 1.96. The van der Waals surface area contributed by atoms with Crippen LogP contribution in [0.1, 0.15) is 39.0 Å². The normalized spacial score (nSPS) is 28.2. The molecule has 9 heteroatoms. The van der Waals surface area contributed by atoms with Crippen molar-refractivity contribution in [2.45, 2.75) is 51.6 Å². The average Bonchev–Trinajstić information content (AvgIpc) is 3.00. The molecule has 26 heavy (non-hydrogen) atoms. The Kier molecular flexibility index (Phi) is 7.10. The van der Waals surface area contributed by atoms with Gasteiger partial charge in [-0.05, 0) is 37.5 Å². The number of sulfone groups is 1. The van der Waals surface area contributed by atoms with Gasteiger partial charge < -0.3 is 11.1 Å². The van der Waals surface area contributed by atoms with Gasteiger partial charge >= 0.3 is 0 Å². The second-order valence-corrected chi connectivity index (χ2v) is 9.86. The number of carbonyl (C=O) groups excluding carboxylic acids is 1. The number of aryl methyl sites for hydroxylation is 1. The predicted octanol–water partition coefficient (Wildman–Crippen LogP) is 1.83. The van der Waals surface area contributed by atoms with Crippen LogP contribution in [0.25, 0.3) is 0 Å². The van der Waals surface area contributed by atoms with Gasteiger partial charge in [-0.2, -0.15) is 5.10 Å². The molecule has 2 unspecified atom stereocenters. The molecule has 2 aliphatic rings. The number of nitrogens with one attached hydrogen (secondary N) is 1. The van der Waals surface area contributed by atoms with Crippen molar-refractivity contribution in [1.82, 2.24) is 9.78 Å². The number of rotatable bonds is 6. The highest BCUT2D eigenvalue weighted by Crippen LogP contribution is 2.42. The number of nitrogens with two attached hydrogens (primary N) is 1. The minimum Gasteiger partial charge on any atom is -0.327 e. The summed E-state index contributed by atoms with van der Waals surface area (Å²) >= 11 is 0. The van der Waals surface area contributed by atoms with Crippen LogP contribution in [0.3, 0.4) is 0 Å². The number of hydrogen-bond donors (Lipinski definition) is 2. The van der Waals surface area contributed by atoms with Crippen molar-refractivity contribution in [3.05, 3.63) is 12.3 Å². The summed E-state index contributed by atoms with van der Waals surface area (Å²) in [6.07, 6.45) is 6.90. The highest BCUT2D eigenvalue weighted by Gasteiger charge is 2.40. The Labute approximate surface area is 161 Å². The third-order valence-corrected chi connectivity index (χ3v) is 7.43. The number of carbonyl (C=O) groups is 1. The molecule has 0 aliphatic heterocycles. The van der Waals surface area contributed by atoms with E-state index >= 15 is 0 Å². The van der Waals surface area contributed by atoms with Gasteiger partial charge in [0.15, 0.2) is 15.7 Å². The van der Waals surface area contributed by atoms with Gasteiger partial charge in [0.2, 0.25) is 5.91 Å². The smallest absolute Gasteiger partial charge is 0.228 e. The molecule has 2 atom stereocenters. The first-order valence-corrected chi connectivity index (χ1v) is 11.0. The molecular formula is C17H29ClN4O3S. The molecule has 0 spiro atoms. The second kappa shape index (κ2) is 8.71. The summed E-state index contributed by atoms with van der Waals surface area (Å²) in [5, 5.41) is 7.15. The highest BCUT2D eigenvalue weighted by atomic mass is 35.5. The number of anilines is 1. The van der Waals surface area contributed by atoms with Crippen molar-refractivity contribution >= 4 is 34.0 Å². The van der Waals surface area contributed by atoms with Crippen LogP contribution in [0, 0.1) is 17.8 Å². The molecule has 1 aromatic rings.